The Morgan fingerprint density at radius 2 is 2.20 bits per heavy atom. The number of carbonyl (C=O) groups excluding carboxylic acids is 1. The lowest BCUT2D eigenvalue weighted by Gasteiger charge is -2.16. The Labute approximate surface area is 123 Å². The molecule has 1 aromatic carbocycles. The minimum atomic E-state index is -0.539. The Morgan fingerprint density at radius 1 is 1.55 bits per heavy atom. The molecular formula is C13H18ClN3O3. The molecule has 0 saturated heterocycles. The average molecular weight is 300 g/mol. The number of nitrogens with zero attached hydrogens (tertiary/aromatic N) is 1. The summed E-state index contributed by atoms with van der Waals surface area (Å²) in [6, 6.07) is 4.43. The monoisotopic (exact) mass is 299 g/mol. The molecule has 0 radical (unpaired) electrons. The molecule has 0 bridgehead atoms. The van der Waals surface area contributed by atoms with Crippen molar-refractivity contribution in [1.82, 2.24) is 5.32 Å². The normalized spacial score (nSPS) is 15.1. The zero-order valence-electron chi connectivity index (χ0n) is 11.2. The number of nitrogens with one attached hydrogen (secondary N) is 1. The summed E-state index contributed by atoms with van der Waals surface area (Å²) in [5, 5.41) is 13.7. The minimum absolute atomic E-state index is 0. The van der Waals surface area contributed by atoms with Gasteiger partial charge < -0.3 is 11.1 Å². The van der Waals surface area contributed by atoms with E-state index in [1.54, 1.807) is 13.0 Å². The predicted molar refractivity (Wildman–Crippen MR) is 78.1 cm³/mol. The number of hydrogen-bond acceptors (Lipinski definition) is 4. The number of nitrogens with two attached hydrogens (primary N) is 1. The van der Waals surface area contributed by atoms with E-state index in [9.17, 15) is 14.9 Å². The first-order valence-electron chi connectivity index (χ1n) is 6.29. The second-order valence-electron chi connectivity index (χ2n) is 4.93. The van der Waals surface area contributed by atoms with Crippen LogP contribution in [0, 0.1) is 23.0 Å². The molecule has 0 aliphatic heterocycles. The van der Waals surface area contributed by atoms with Crippen LogP contribution in [0.2, 0.25) is 0 Å². The van der Waals surface area contributed by atoms with Crippen molar-refractivity contribution in [2.45, 2.75) is 25.8 Å². The number of halogens is 1. The quantitative estimate of drug-likeness (QED) is 0.639. The second kappa shape index (κ2) is 6.67. The Morgan fingerprint density at radius 3 is 2.70 bits per heavy atom. The molecule has 0 spiro atoms. The van der Waals surface area contributed by atoms with Crippen LogP contribution in [0.15, 0.2) is 18.2 Å². The van der Waals surface area contributed by atoms with E-state index in [4.69, 9.17) is 5.73 Å². The largest absolute Gasteiger partial charge is 0.348 e. The molecule has 1 fully saturated rings. The van der Waals surface area contributed by atoms with Gasteiger partial charge in [0.25, 0.3) is 11.6 Å². The number of amides is 1. The minimum Gasteiger partial charge on any atom is -0.348 e. The summed E-state index contributed by atoms with van der Waals surface area (Å²) in [6.45, 7) is 2.15. The molecule has 1 aliphatic rings. The van der Waals surface area contributed by atoms with Crippen LogP contribution in [-0.4, -0.2) is 23.4 Å². The highest BCUT2D eigenvalue weighted by Crippen LogP contribution is 2.32. The number of rotatable bonds is 5. The van der Waals surface area contributed by atoms with Crippen LogP contribution in [0.5, 0.6) is 0 Å². The lowest BCUT2D eigenvalue weighted by molar-refractivity contribution is -0.385. The molecule has 3 N–H and O–H groups in total. The molecule has 1 unspecified atom stereocenters. The third-order valence-electron chi connectivity index (χ3n) is 3.35. The SMILES string of the molecule is Cc1ccc([N+](=O)[O-])c(C(=O)NC(CN)C2CC2)c1.Cl. The average Bonchev–Trinajstić information content (AvgIpc) is 3.19. The van der Waals surface area contributed by atoms with Crippen molar-refractivity contribution in [2.24, 2.45) is 11.7 Å². The van der Waals surface area contributed by atoms with Crippen molar-refractivity contribution in [3.63, 3.8) is 0 Å². The van der Waals surface area contributed by atoms with Crippen LogP contribution in [0.4, 0.5) is 5.69 Å². The summed E-state index contributed by atoms with van der Waals surface area (Å²) >= 11 is 0. The second-order valence-corrected chi connectivity index (χ2v) is 4.93. The Hall–Kier alpha value is -1.66. The molecule has 110 valence electrons. The summed E-state index contributed by atoms with van der Waals surface area (Å²) in [7, 11) is 0. The number of carbonyl (C=O) groups is 1. The summed E-state index contributed by atoms with van der Waals surface area (Å²) in [5.41, 5.74) is 6.36. The van der Waals surface area contributed by atoms with Crippen molar-refractivity contribution in [2.75, 3.05) is 6.54 Å². The van der Waals surface area contributed by atoms with Crippen molar-refractivity contribution in [3.8, 4) is 0 Å². The predicted octanol–water partition coefficient (Wildman–Crippen LogP) is 1.79. The van der Waals surface area contributed by atoms with Gasteiger partial charge >= 0.3 is 0 Å². The maximum atomic E-state index is 12.2. The third kappa shape index (κ3) is 3.68. The lowest BCUT2D eigenvalue weighted by Crippen LogP contribution is -2.41. The Balaban J connectivity index is 0.00000200. The van der Waals surface area contributed by atoms with Gasteiger partial charge in [0.05, 0.1) is 4.92 Å². The number of nitro benzene ring substituents is 1. The maximum Gasteiger partial charge on any atom is 0.282 e. The Kier molecular flexibility index (Phi) is 5.47. The van der Waals surface area contributed by atoms with Gasteiger partial charge in [0.15, 0.2) is 0 Å². The van der Waals surface area contributed by atoms with Gasteiger partial charge in [-0.2, -0.15) is 0 Å². The van der Waals surface area contributed by atoms with Crippen LogP contribution in [0.3, 0.4) is 0 Å². The summed E-state index contributed by atoms with van der Waals surface area (Å²) < 4.78 is 0. The van der Waals surface area contributed by atoms with Crippen LogP contribution in [0.1, 0.15) is 28.8 Å². The molecule has 0 aromatic heterocycles. The number of nitro groups is 1. The van der Waals surface area contributed by atoms with E-state index in [-0.39, 0.29) is 29.7 Å². The lowest BCUT2D eigenvalue weighted by atomic mass is 10.1. The first-order chi connectivity index (χ1) is 9.02. The number of hydrogen-bond donors (Lipinski definition) is 2. The summed E-state index contributed by atoms with van der Waals surface area (Å²) in [6.07, 6.45) is 2.11. The number of aryl methyl sites for hydroxylation is 1. The van der Waals surface area contributed by atoms with Crippen LogP contribution in [-0.2, 0) is 0 Å². The molecule has 7 heteroatoms. The smallest absolute Gasteiger partial charge is 0.282 e. The molecule has 1 aromatic rings. The summed E-state index contributed by atoms with van der Waals surface area (Å²) in [5.74, 6) is -0.00411. The van der Waals surface area contributed by atoms with E-state index in [1.165, 1.54) is 12.1 Å². The van der Waals surface area contributed by atoms with Crippen molar-refractivity contribution in [3.05, 3.63) is 39.4 Å². The molecule has 1 aliphatic carbocycles. The van der Waals surface area contributed by atoms with E-state index in [0.29, 0.717) is 12.5 Å². The van der Waals surface area contributed by atoms with E-state index in [2.05, 4.69) is 5.32 Å². The van der Waals surface area contributed by atoms with Gasteiger partial charge in [0.2, 0.25) is 0 Å². The fraction of sp³-hybridized carbons (Fsp3) is 0.462. The van der Waals surface area contributed by atoms with Crippen LogP contribution < -0.4 is 11.1 Å². The van der Waals surface area contributed by atoms with Gasteiger partial charge in [-0.05, 0) is 37.3 Å². The van der Waals surface area contributed by atoms with Crippen molar-refractivity contribution in [1.29, 1.82) is 0 Å². The van der Waals surface area contributed by atoms with Gasteiger partial charge in [-0.25, -0.2) is 0 Å². The fourth-order valence-electron chi connectivity index (χ4n) is 2.10. The van der Waals surface area contributed by atoms with Crippen molar-refractivity contribution >= 4 is 24.0 Å². The zero-order chi connectivity index (χ0) is 14.0. The molecular weight excluding hydrogens is 282 g/mol. The Bertz CT molecular complexity index is 518. The highest BCUT2D eigenvalue weighted by Gasteiger charge is 2.32. The molecule has 1 atom stereocenters. The van der Waals surface area contributed by atoms with Crippen LogP contribution in [0.25, 0.3) is 0 Å². The molecule has 6 nitrogen and oxygen atoms in total. The number of benzene rings is 1. The molecule has 2 rings (SSSR count). The highest BCUT2D eigenvalue weighted by molar-refractivity contribution is 5.98. The third-order valence-corrected chi connectivity index (χ3v) is 3.35. The molecule has 1 saturated carbocycles. The first kappa shape index (κ1) is 16.4. The van der Waals surface area contributed by atoms with E-state index in [1.807, 2.05) is 0 Å². The van der Waals surface area contributed by atoms with E-state index < -0.39 is 10.8 Å². The standard InChI is InChI=1S/C13H17N3O3.ClH/c1-8-2-5-12(16(18)19)10(6-8)13(17)15-11(7-14)9-3-4-9;/h2,5-6,9,11H,3-4,7,14H2,1H3,(H,15,17);1H. The highest BCUT2D eigenvalue weighted by atomic mass is 35.5. The maximum absolute atomic E-state index is 12.2. The first-order valence-corrected chi connectivity index (χ1v) is 6.29. The van der Waals surface area contributed by atoms with Gasteiger partial charge in [-0.1, -0.05) is 6.07 Å². The van der Waals surface area contributed by atoms with E-state index in [0.717, 1.165) is 18.4 Å². The van der Waals surface area contributed by atoms with Gasteiger partial charge in [-0.3, -0.25) is 14.9 Å². The van der Waals surface area contributed by atoms with Gasteiger partial charge in [0, 0.05) is 18.7 Å². The van der Waals surface area contributed by atoms with Crippen LogP contribution >= 0.6 is 12.4 Å². The fourth-order valence-corrected chi connectivity index (χ4v) is 2.10. The topological polar surface area (TPSA) is 98.3 Å². The van der Waals surface area contributed by atoms with Gasteiger partial charge in [0.1, 0.15) is 5.56 Å². The van der Waals surface area contributed by atoms with Crippen molar-refractivity contribution < 1.29 is 9.72 Å². The van der Waals surface area contributed by atoms with Gasteiger partial charge in [-0.15, -0.1) is 12.4 Å². The zero-order valence-corrected chi connectivity index (χ0v) is 12.0. The molecule has 1 amide bonds. The molecule has 0 heterocycles. The van der Waals surface area contributed by atoms with E-state index >= 15 is 0 Å². The summed E-state index contributed by atoms with van der Waals surface area (Å²) in [4.78, 5) is 22.6. The molecule has 20 heavy (non-hydrogen) atoms.